The molecule has 6 nitrogen and oxygen atoms in total. The number of aromatic nitrogens is 1. The van der Waals surface area contributed by atoms with Gasteiger partial charge >= 0.3 is 0 Å². The second-order valence-electron chi connectivity index (χ2n) is 5.79. The van der Waals surface area contributed by atoms with E-state index < -0.39 is 15.9 Å². The first-order chi connectivity index (χ1) is 12.8. The van der Waals surface area contributed by atoms with E-state index in [0.717, 1.165) is 5.56 Å². The van der Waals surface area contributed by atoms with E-state index >= 15 is 0 Å². The molecule has 0 aliphatic rings. The summed E-state index contributed by atoms with van der Waals surface area (Å²) in [6, 6.07) is 15.8. The van der Waals surface area contributed by atoms with Crippen LogP contribution in [-0.4, -0.2) is 19.3 Å². The fourth-order valence-electron chi connectivity index (χ4n) is 2.35. The summed E-state index contributed by atoms with van der Waals surface area (Å²) in [6.07, 6.45) is 1.58. The summed E-state index contributed by atoms with van der Waals surface area (Å²) < 4.78 is 27.7. The van der Waals surface area contributed by atoms with Gasteiger partial charge in [0.1, 0.15) is 5.82 Å². The standard InChI is InChI=1S/C19H16ClN3O3S/c1-13-9-10-21-18(11-13)22-19(24)14-5-4-6-15(12-14)27(25,26)23-17-8-3-2-7-16(17)20/h2-12,23H,1H3,(H,21,22,24). The Morgan fingerprint density at radius 1 is 1.04 bits per heavy atom. The van der Waals surface area contributed by atoms with Crippen molar-refractivity contribution in [3.63, 3.8) is 0 Å². The van der Waals surface area contributed by atoms with Crippen LogP contribution >= 0.6 is 11.6 Å². The van der Waals surface area contributed by atoms with Crippen LogP contribution in [0.25, 0.3) is 0 Å². The summed E-state index contributed by atoms with van der Waals surface area (Å²) in [7, 11) is -3.90. The fraction of sp³-hybridized carbons (Fsp3) is 0.0526. The van der Waals surface area contributed by atoms with Gasteiger partial charge in [0.2, 0.25) is 0 Å². The number of hydrogen-bond donors (Lipinski definition) is 2. The van der Waals surface area contributed by atoms with Crippen LogP contribution in [0.1, 0.15) is 15.9 Å². The molecule has 0 fully saturated rings. The monoisotopic (exact) mass is 401 g/mol. The van der Waals surface area contributed by atoms with Crippen molar-refractivity contribution in [2.24, 2.45) is 0 Å². The summed E-state index contributed by atoms with van der Waals surface area (Å²) in [5.74, 6) is -0.0645. The van der Waals surface area contributed by atoms with Gasteiger partial charge in [0.25, 0.3) is 15.9 Å². The number of hydrogen-bond acceptors (Lipinski definition) is 4. The Bertz CT molecular complexity index is 1100. The predicted octanol–water partition coefficient (Wildman–Crippen LogP) is 4.10. The van der Waals surface area contributed by atoms with Gasteiger partial charge in [-0.3, -0.25) is 9.52 Å². The molecule has 0 saturated carbocycles. The van der Waals surface area contributed by atoms with E-state index in [-0.39, 0.29) is 21.2 Å². The van der Waals surface area contributed by atoms with E-state index in [0.29, 0.717) is 5.82 Å². The number of nitrogens with zero attached hydrogens (tertiary/aromatic N) is 1. The molecular weight excluding hydrogens is 386 g/mol. The summed E-state index contributed by atoms with van der Waals surface area (Å²) >= 11 is 6.00. The van der Waals surface area contributed by atoms with E-state index in [1.165, 1.54) is 24.3 Å². The molecule has 1 amide bonds. The Hall–Kier alpha value is -2.90. The quantitative estimate of drug-likeness (QED) is 0.673. The van der Waals surface area contributed by atoms with E-state index in [2.05, 4.69) is 15.0 Å². The van der Waals surface area contributed by atoms with Gasteiger partial charge in [0.15, 0.2) is 0 Å². The highest BCUT2D eigenvalue weighted by Gasteiger charge is 2.18. The zero-order valence-corrected chi connectivity index (χ0v) is 15.9. The molecule has 3 aromatic rings. The number of carbonyl (C=O) groups is 1. The summed E-state index contributed by atoms with van der Waals surface area (Å²) in [4.78, 5) is 16.4. The number of pyridine rings is 1. The molecule has 0 bridgehead atoms. The largest absolute Gasteiger partial charge is 0.307 e. The smallest absolute Gasteiger partial charge is 0.261 e. The van der Waals surface area contributed by atoms with Gasteiger partial charge in [-0.2, -0.15) is 0 Å². The SMILES string of the molecule is Cc1ccnc(NC(=O)c2cccc(S(=O)(=O)Nc3ccccc3Cl)c2)c1. The molecule has 0 atom stereocenters. The maximum absolute atomic E-state index is 12.6. The minimum Gasteiger partial charge on any atom is -0.307 e. The molecule has 0 aliphatic carbocycles. The molecule has 8 heteroatoms. The van der Waals surface area contributed by atoms with Crippen molar-refractivity contribution in [3.05, 3.63) is 83.0 Å². The number of rotatable bonds is 5. The molecule has 2 aromatic carbocycles. The Kier molecular flexibility index (Phi) is 5.43. The van der Waals surface area contributed by atoms with E-state index in [9.17, 15) is 13.2 Å². The first-order valence-electron chi connectivity index (χ1n) is 7.96. The third kappa shape index (κ3) is 4.64. The molecule has 2 N–H and O–H groups in total. The molecule has 0 aliphatic heterocycles. The highest BCUT2D eigenvalue weighted by molar-refractivity contribution is 7.92. The van der Waals surface area contributed by atoms with Gasteiger partial charge in [0.05, 0.1) is 15.6 Å². The fourth-order valence-corrected chi connectivity index (χ4v) is 3.71. The lowest BCUT2D eigenvalue weighted by molar-refractivity contribution is 0.102. The number of para-hydroxylation sites is 1. The minimum absolute atomic E-state index is 0.0488. The maximum atomic E-state index is 12.6. The lowest BCUT2D eigenvalue weighted by Gasteiger charge is -2.11. The molecular formula is C19H16ClN3O3S. The van der Waals surface area contributed by atoms with Crippen LogP contribution in [0.3, 0.4) is 0 Å². The second-order valence-corrected chi connectivity index (χ2v) is 7.88. The highest BCUT2D eigenvalue weighted by Crippen LogP contribution is 2.24. The summed E-state index contributed by atoms with van der Waals surface area (Å²) in [6.45, 7) is 1.88. The number of sulfonamides is 1. The van der Waals surface area contributed by atoms with Crippen molar-refractivity contribution in [1.29, 1.82) is 0 Å². The van der Waals surface area contributed by atoms with E-state index in [1.54, 1.807) is 36.5 Å². The molecule has 138 valence electrons. The number of halogens is 1. The zero-order valence-electron chi connectivity index (χ0n) is 14.3. The first kappa shape index (κ1) is 18.9. The second kappa shape index (κ2) is 7.77. The Morgan fingerprint density at radius 2 is 1.81 bits per heavy atom. The normalized spacial score (nSPS) is 11.0. The number of nitrogens with one attached hydrogen (secondary N) is 2. The Labute approximate surface area is 162 Å². The number of aryl methyl sites for hydroxylation is 1. The lowest BCUT2D eigenvalue weighted by Crippen LogP contribution is -2.16. The van der Waals surface area contributed by atoms with Crippen LogP contribution in [0.2, 0.25) is 5.02 Å². The summed E-state index contributed by atoms with van der Waals surface area (Å²) in [5.41, 5.74) is 1.40. The number of anilines is 2. The van der Waals surface area contributed by atoms with E-state index in [4.69, 9.17) is 11.6 Å². The molecule has 0 spiro atoms. The van der Waals surface area contributed by atoms with Crippen molar-refractivity contribution < 1.29 is 13.2 Å². The predicted molar refractivity (Wildman–Crippen MR) is 106 cm³/mol. The van der Waals surface area contributed by atoms with Gasteiger partial charge < -0.3 is 5.32 Å². The topological polar surface area (TPSA) is 88.2 Å². The lowest BCUT2D eigenvalue weighted by atomic mass is 10.2. The molecule has 27 heavy (non-hydrogen) atoms. The third-order valence-corrected chi connectivity index (χ3v) is 5.37. The zero-order chi connectivity index (χ0) is 19.4. The van der Waals surface area contributed by atoms with Crippen LogP contribution in [0.4, 0.5) is 11.5 Å². The van der Waals surface area contributed by atoms with E-state index in [1.807, 2.05) is 13.0 Å². The highest BCUT2D eigenvalue weighted by atomic mass is 35.5. The summed E-state index contributed by atoms with van der Waals surface area (Å²) in [5, 5.41) is 2.93. The van der Waals surface area contributed by atoms with Gasteiger partial charge in [-0.25, -0.2) is 13.4 Å². The van der Waals surface area contributed by atoms with Gasteiger partial charge in [0, 0.05) is 11.8 Å². The van der Waals surface area contributed by atoms with Crippen molar-refractivity contribution >= 4 is 39.0 Å². The molecule has 0 radical (unpaired) electrons. The van der Waals surface area contributed by atoms with Gasteiger partial charge in [-0.1, -0.05) is 29.8 Å². The average molecular weight is 402 g/mol. The van der Waals surface area contributed by atoms with Crippen LogP contribution in [0, 0.1) is 6.92 Å². The number of benzene rings is 2. The number of amides is 1. The van der Waals surface area contributed by atoms with Crippen LogP contribution < -0.4 is 10.0 Å². The van der Waals surface area contributed by atoms with Crippen molar-refractivity contribution in [2.75, 3.05) is 10.0 Å². The Balaban J connectivity index is 1.84. The van der Waals surface area contributed by atoms with Crippen molar-refractivity contribution in [2.45, 2.75) is 11.8 Å². The van der Waals surface area contributed by atoms with Crippen molar-refractivity contribution in [1.82, 2.24) is 4.98 Å². The van der Waals surface area contributed by atoms with Gasteiger partial charge in [-0.05, 0) is 55.0 Å². The molecule has 1 aromatic heterocycles. The number of carbonyl (C=O) groups excluding carboxylic acids is 1. The molecule has 0 unspecified atom stereocenters. The molecule has 3 rings (SSSR count). The minimum atomic E-state index is -3.90. The van der Waals surface area contributed by atoms with Crippen molar-refractivity contribution in [3.8, 4) is 0 Å². The average Bonchev–Trinajstić information content (AvgIpc) is 2.64. The maximum Gasteiger partial charge on any atom is 0.261 e. The Morgan fingerprint density at radius 3 is 2.56 bits per heavy atom. The van der Waals surface area contributed by atoms with Crippen LogP contribution in [0.15, 0.2) is 71.8 Å². The first-order valence-corrected chi connectivity index (χ1v) is 9.83. The third-order valence-electron chi connectivity index (χ3n) is 3.68. The van der Waals surface area contributed by atoms with Crippen LogP contribution in [0.5, 0.6) is 0 Å². The molecule has 1 heterocycles. The molecule has 0 saturated heterocycles. The van der Waals surface area contributed by atoms with Gasteiger partial charge in [-0.15, -0.1) is 0 Å². The van der Waals surface area contributed by atoms with Crippen LogP contribution in [-0.2, 0) is 10.0 Å².